The molecule has 0 aliphatic carbocycles. The minimum Gasteiger partial charge on any atom is -0.480 e. The molecule has 3 rings (SSSR count). The molecule has 2 aromatic rings. The third-order valence-electron chi connectivity index (χ3n) is 4.13. The van der Waals surface area contributed by atoms with E-state index in [1.54, 1.807) is 17.8 Å². The topological polar surface area (TPSA) is 88.3 Å². The van der Waals surface area contributed by atoms with Crippen LogP contribution in [-0.2, 0) is 11.8 Å². The van der Waals surface area contributed by atoms with E-state index >= 15 is 0 Å². The maximum Gasteiger partial charge on any atom is 0.326 e. The summed E-state index contributed by atoms with van der Waals surface area (Å²) in [6.45, 7) is 4.12. The average molecular weight is 302 g/mol. The van der Waals surface area contributed by atoms with Crippen LogP contribution in [0.25, 0.3) is 11.0 Å². The van der Waals surface area contributed by atoms with E-state index in [0.717, 1.165) is 5.69 Å². The number of aryl methyl sites for hydroxylation is 3. The minimum absolute atomic E-state index is 0.253. The first-order valence-electron chi connectivity index (χ1n) is 7.25. The van der Waals surface area contributed by atoms with Gasteiger partial charge in [0.05, 0.1) is 16.6 Å². The molecule has 22 heavy (non-hydrogen) atoms. The second kappa shape index (κ2) is 5.08. The number of carboxylic acid groups (broad SMARTS) is 1. The SMILES string of the molecule is Cc1cc(C(=O)N2CCC[C@H]2C(=O)O)c2c(C)nn(C)c2n1. The fourth-order valence-corrected chi connectivity index (χ4v) is 3.16. The van der Waals surface area contributed by atoms with Gasteiger partial charge >= 0.3 is 5.97 Å². The van der Waals surface area contributed by atoms with Crippen LogP contribution in [0.1, 0.15) is 34.6 Å². The number of likely N-dealkylation sites (tertiary alicyclic amines) is 1. The molecule has 0 spiro atoms. The zero-order valence-electron chi connectivity index (χ0n) is 12.8. The lowest BCUT2D eigenvalue weighted by Gasteiger charge is -2.22. The number of carbonyl (C=O) groups is 2. The largest absolute Gasteiger partial charge is 0.480 e. The summed E-state index contributed by atoms with van der Waals surface area (Å²) in [6, 6.07) is 0.976. The summed E-state index contributed by atoms with van der Waals surface area (Å²) in [6.07, 6.45) is 1.21. The average Bonchev–Trinajstić information content (AvgIpc) is 3.03. The zero-order valence-corrected chi connectivity index (χ0v) is 12.8. The third kappa shape index (κ3) is 2.13. The smallest absolute Gasteiger partial charge is 0.326 e. The fourth-order valence-electron chi connectivity index (χ4n) is 3.16. The molecule has 1 atom stereocenters. The van der Waals surface area contributed by atoms with Crippen LogP contribution in [0.15, 0.2) is 6.07 Å². The molecule has 7 nitrogen and oxygen atoms in total. The molecular weight excluding hydrogens is 284 g/mol. The van der Waals surface area contributed by atoms with Gasteiger partial charge in [0, 0.05) is 19.3 Å². The van der Waals surface area contributed by atoms with E-state index < -0.39 is 12.0 Å². The number of carbonyl (C=O) groups excluding carboxylic acids is 1. The Labute approximate surface area is 127 Å². The van der Waals surface area contributed by atoms with Gasteiger partial charge < -0.3 is 10.0 Å². The molecule has 7 heteroatoms. The summed E-state index contributed by atoms with van der Waals surface area (Å²) >= 11 is 0. The van der Waals surface area contributed by atoms with Crippen molar-refractivity contribution in [2.24, 2.45) is 7.05 Å². The van der Waals surface area contributed by atoms with Crippen LogP contribution in [0, 0.1) is 13.8 Å². The van der Waals surface area contributed by atoms with Gasteiger partial charge in [-0.2, -0.15) is 5.10 Å². The molecule has 0 bridgehead atoms. The van der Waals surface area contributed by atoms with Gasteiger partial charge in [0.15, 0.2) is 5.65 Å². The number of fused-ring (bicyclic) bond motifs is 1. The van der Waals surface area contributed by atoms with Crippen LogP contribution < -0.4 is 0 Å². The minimum atomic E-state index is -0.948. The molecule has 0 unspecified atom stereocenters. The van der Waals surface area contributed by atoms with Gasteiger partial charge in [0.2, 0.25) is 0 Å². The van der Waals surface area contributed by atoms with Crippen LogP contribution in [0.4, 0.5) is 0 Å². The van der Waals surface area contributed by atoms with Gasteiger partial charge in [-0.15, -0.1) is 0 Å². The highest BCUT2D eigenvalue weighted by Crippen LogP contribution is 2.26. The van der Waals surface area contributed by atoms with Crippen molar-refractivity contribution in [1.29, 1.82) is 0 Å². The Hall–Kier alpha value is -2.44. The number of aliphatic carboxylic acids is 1. The third-order valence-corrected chi connectivity index (χ3v) is 4.13. The van der Waals surface area contributed by atoms with Gasteiger partial charge in [-0.1, -0.05) is 0 Å². The van der Waals surface area contributed by atoms with Gasteiger partial charge in [-0.25, -0.2) is 9.78 Å². The first-order valence-corrected chi connectivity index (χ1v) is 7.25. The molecule has 1 fully saturated rings. The monoisotopic (exact) mass is 302 g/mol. The number of rotatable bonds is 2. The predicted molar refractivity (Wildman–Crippen MR) is 79.7 cm³/mol. The molecular formula is C15H18N4O3. The van der Waals surface area contributed by atoms with E-state index in [2.05, 4.69) is 10.1 Å². The number of hydrogen-bond donors (Lipinski definition) is 1. The molecule has 1 amide bonds. The Bertz CT molecular complexity index is 781. The van der Waals surface area contributed by atoms with Gasteiger partial charge in [-0.3, -0.25) is 9.48 Å². The van der Waals surface area contributed by atoms with Crippen molar-refractivity contribution in [3.63, 3.8) is 0 Å². The summed E-state index contributed by atoms with van der Waals surface area (Å²) in [7, 11) is 1.78. The van der Waals surface area contributed by atoms with E-state index in [9.17, 15) is 14.7 Å². The number of aromatic nitrogens is 3. The van der Waals surface area contributed by atoms with Crippen molar-refractivity contribution < 1.29 is 14.7 Å². The number of pyridine rings is 1. The second-order valence-electron chi connectivity index (χ2n) is 5.71. The van der Waals surface area contributed by atoms with E-state index in [0.29, 0.717) is 41.7 Å². The molecule has 3 heterocycles. The summed E-state index contributed by atoms with van der Waals surface area (Å²) in [5, 5.41) is 14.3. The molecule has 0 saturated carbocycles. The van der Waals surface area contributed by atoms with E-state index in [1.165, 1.54) is 4.90 Å². The maximum atomic E-state index is 12.9. The van der Waals surface area contributed by atoms with E-state index in [4.69, 9.17) is 0 Å². The summed E-state index contributed by atoms with van der Waals surface area (Å²) < 4.78 is 1.65. The molecule has 2 aromatic heterocycles. The molecule has 1 N–H and O–H groups in total. The van der Waals surface area contributed by atoms with Gasteiger partial charge in [0.25, 0.3) is 5.91 Å². The quantitative estimate of drug-likeness (QED) is 0.902. The van der Waals surface area contributed by atoms with Crippen LogP contribution in [0.5, 0.6) is 0 Å². The van der Waals surface area contributed by atoms with Crippen molar-refractivity contribution >= 4 is 22.9 Å². The zero-order chi connectivity index (χ0) is 16.0. The normalized spacial score (nSPS) is 18.1. The highest BCUT2D eigenvalue weighted by atomic mass is 16.4. The summed E-state index contributed by atoms with van der Waals surface area (Å²) in [4.78, 5) is 30.1. The number of nitrogens with zero attached hydrogens (tertiary/aromatic N) is 4. The Morgan fingerprint density at radius 3 is 2.77 bits per heavy atom. The maximum absolute atomic E-state index is 12.9. The van der Waals surface area contributed by atoms with Crippen LogP contribution >= 0.6 is 0 Å². The Kier molecular flexibility index (Phi) is 3.35. The molecule has 1 saturated heterocycles. The van der Waals surface area contributed by atoms with Crippen molar-refractivity contribution in [2.75, 3.05) is 6.54 Å². The molecule has 0 aromatic carbocycles. The standard InChI is InChI=1S/C15H18N4O3/c1-8-7-10(12-9(2)17-18(3)13(12)16-8)14(20)19-6-4-5-11(19)15(21)22/h7,11H,4-6H2,1-3H3,(H,21,22)/t11-/m0/s1. The van der Waals surface area contributed by atoms with Crippen molar-refractivity contribution in [3.05, 3.63) is 23.0 Å². The lowest BCUT2D eigenvalue weighted by molar-refractivity contribution is -0.141. The molecule has 1 aliphatic heterocycles. The van der Waals surface area contributed by atoms with Crippen molar-refractivity contribution in [1.82, 2.24) is 19.7 Å². The van der Waals surface area contributed by atoms with Gasteiger partial charge in [0.1, 0.15) is 6.04 Å². The van der Waals surface area contributed by atoms with E-state index in [-0.39, 0.29) is 5.91 Å². The lowest BCUT2D eigenvalue weighted by atomic mass is 10.1. The van der Waals surface area contributed by atoms with Crippen LogP contribution in [0.3, 0.4) is 0 Å². The predicted octanol–water partition coefficient (Wildman–Crippen LogP) is 1.27. The van der Waals surface area contributed by atoms with Gasteiger partial charge in [-0.05, 0) is 32.8 Å². The van der Waals surface area contributed by atoms with Crippen LogP contribution in [0.2, 0.25) is 0 Å². The summed E-state index contributed by atoms with van der Waals surface area (Å²) in [5.74, 6) is -1.20. The second-order valence-corrected chi connectivity index (χ2v) is 5.71. The summed E-state index contributed by atoms with van der Waals surface area (Å²) in [5.41, 5.74) is 2.57. The van der Waals surface area contributed by atoms with Crippen molar-refractivity contribution in [2.45, 2.75) is 32.7 Å². The molecule has 0 radical (unpaired) electrons. The lowest BCUT2D eigenvalue weighted by Crippen LogP contribution is -2.40. The number of hydrogen-bond acceptors (Lipinski definition) is 4. The van der Waals surface area contributed by atoms with Crippen LogP contribution in [-0.4, -0.2) is 49.2 Å². The first kappa shape index (κ1) is 14.5. The first-order chi connectivity index (χ1) is 10.4. The molecule has 1 aliphatic rings. The fraction of sp³-hybridized carbons (Fsp3) is 0.467. The Balaban J connectivity index is 2.13. The number of amides is 1. The highest BCUT2D eigenvalue weighted by molar-refractivity contribution is 6.07. The number of carboxylic acids is 1. The molecule has 116 valence electrons. The Morgan fingerprint density at radius 1 is 1.36 bits per heavy atom. The Morgan fingerprint density at radius 2 is 2.09 bits per heavy atom. The van der Waals surface area contributed by atoms with E-state index in [1.807, 2.05) is 13.8 Å². The van der Waals surface area contributed by atoms with Crippen molar-refractivity contribution in [3.8, 4) is 0 Å². The highest BCUT2D eigenvalue weighted by Gasteiger charge is 2.35.